The van der Waals surface area contributed by atoms with Crippen LogP contribution in [0, 0.1) is 0 Å². The summed E-state index contributed by atoms with van der Waals surface area (Å²) in [6.07, 6.45) is 7.58. The van der Waals surface area contributed by atoms with Crippen LogP contribution in [-0.4, -0.2) is 24.3 Å². The maximum absolute atomic E-state index is 6.33. The molecule has 2 heteroatoms. The summed E-state index contributed by atoms with van der Waals surface area (Å²) in [7, 11) is 0. The van der Waals surface area contributed by atoms with Crippen molar-refractivity contribution in [1.29, 1.82) is 0 Å². The van der Waals surface area contributed by atoms with E-state index >= 15 is 0 Å². The van der Waals surface area contributed by atoms with Gasteiger partial charge in [-0.1, -0.05) is 39.5 Å². The average molecular weight is 227 g/mol. The van der Waals surface area contributed by atoms with Crippen molar-refractivity contribution >= 4 is 0 Å². The lowest BCUT2D eigenvalue weighted by Gasteiger charge is -2.45. The smallest absolute Gasteiger partial charge is 0.0786 e. The van der Waals surface area contributed by atoms with Gasteiger partial charge in [-0.05, 0) is 26.7 Å². The van der Waals surface area contributed by atoms with Gasteiger partial charge in [-0.3, -0.25) is 0 Å². The molecule has 0 aromatic rings. The Kier molecular flexibility index (Phi) is 5.26. The highest BCUT2D eigenvalue weighted by atomic mass is 16.5. The molecule has 2 atom stereocenters. The molecule has 0 radical (unpaired) electrons. The Balaban J connectivity index is 2.37. The van der Waals surface area contributed by atoms with Gasteiger partial charge in [0.1, 0.15) is 0 Å². The van der Waals surface area contributed by atoms with Crippen LogP contribution in [0.15, 0.2) is 0 Å². The predicted molar refractivity (Wildman–Crippen MR) is 69.8 cm³/mol. The average Bonchev–Trinajstić information content (AvgIpc) is 2.24. The molecule has 0 aromatic carbocycles. The van der Waals surface area contributed by atoms with Crippen LogP contribution >= 0.6 is 0 Å². The molecule has 0 spiro atoms. The van der Waals surface area contributed by atoms with Crippen molar-refractivity contribution in [2.24, 2.45) is 0 Å². The summed E-state index contributed by atoms with van der Waals surface area (Å²) in [6, 6.07) is 0. The third-order valence-corrected chi connectivity index (χ3v) is 3.80. The Labute approximate surface area is 101 Å². The number of hydrogen-bond acceptors (Lipinski definition) is 2. The molecular weight excluding hydrogens is 198 g/mol. The Morgan fingerprint density at radius 1 is 1.00 bits per heavy atom. The third kappa shape index (κ3) is 4.06. The van der Waals surface area contributed by atoms with Crippen LogP contribution in [0.1, 0.15) is 66.2 Å². The van der Waals surface area contributed by atoms with E-state index in [1.807, 2.05) is 0 Å². The monoisotopic (exact) mass is 227 g/mol. The molecule has 1 fully saturated rings. The minimum absolute atomic E-state index is 0.0394. The van der Waals surface area contributed by atoms with Crippen LogP contribution in [0.3, 0.4) is 0 Å². The summed E-state index contributed by atoms with van der Waals surface area (Å²) in [4.78, 5) is 0. The fourth-order valence-corrected chi connectivity index (χ4v) is 2.52. The van der Waals surface area contributed by atoms with E-state index in [4.69, 9.17) is 4.74 Å². The first-order chi connectivity index (χ1) is 7.54. The normalized spacial score (nSPS) is 35.2. The summed E-state index contributed by atoms with van der Waals surface area (Å²) >= 11 is 0. The first kappa shape index (κ1) is 14.0. The Morgan fingerprint density at radius 2 is 1.69 bits per heavy atom. The van der Waals surface area contributed by atoms with Crippen molar-refractivity contribution in [3.63, 3.8) is 0 Å². The first-order valence-electron chi connectivity index (χ1n) is 6.94. The van der Waals surface area contributed by atoms with Crippen LogP contribution in [-0.2, 0) is 4.74 Å². The molecule has 0 saturated carbocycles. The SMILES string of the molecule is CCCCCCC1(C)CNCC(C)(CC)O1. The second-order valence-electron chi connectivity index (χ2n) is 5.77. The zero-order chi connectivity index (χ0) is 12.1. The van der Waals surface area contributed by atoms with E-state index in [1.54, 1.807) is 0 Å². The van der Waals surface area contributed by atoms with E-state index in [1.165, 1.54) is 32.1 Å². The molecule has 1 rings (SSSR count). The molecule has 2 nitrogen and oxygen atoms in total. The molecule has 16 heavy (non-hydrogen) atoms. The van der Waals surface area contributed by atoms with Crippen LogP contribution < -0.4 is 5.32 Å². The van der Waals surface area contributed by atoms with Crippen molar-refractivity contribution in [2.45, 2.75) is 77.4 Å². The molecule has 0 bridgehead atoms. The standard InChI is InChI=1S/C14H29NO/c1-5-7-8-9-10-14(4)12-15-11-13(3,6-2)16-14/h15H,5-12H2,1-4H3. The van der Waals surface area contributed by atoms with E-state index in [0.29, 0.717) is 0 Å². The van der Waals surface area contributed by atoms with Crippen molar-refractivity contribution < 1.29 is 4.74 Å². The van der Waals surface area contributed by atoms with E-state index in [9.17, 15) is 0 Å². The van der Waals surface area contributed by atoms with Gasteiger partial charge in [0.2, 0.25) is 0 Å². The molecule has 1 aliphatic rings. The second-order valence-corrected chi connectivity index (χ2v) is 5.77. The summed E-state index contributed by atoms with van der Waals surface area (Å²) < 4.78 is 6.33. The van der Waals surface area contributed by atoms with Gasteiger partial charge < -0.3 is 10.1 Å². The molecule has 1 N–H and O–H groups in total. The number of unbranched alkanes of at least 4 members (excludes halogenated alkanes) is 3. The molecule has 0 aromatic heterocycles. The zero-order valence-electron chi connectivity index (χ0n) is 11.6. The predicted octanol–water partition coefficient (Wildman–Crippen LogP) is 3.50. The van der Waals surface area contributed by atoms with Crippen molar-refractivity contribution in [3.05, 3.63) is 0 Å². The quantitative estimate of drug-likeness (QED) is 0.701. The largest absolute Gasteiger partial charge is 0.366 e. The molecule has 96 valence electrons. The van der Waals surface area contributed by atoms with Gasteiger partial charge in [-0.15, -0.1) is 0 Å². The van der Waals surface area contributed by atoms with Gasteiger partial charge in [-0.2, -0.15) is 0 Å². The van der Waals surface area contributed by atoms with Gasteiger partial charge >= 0.3 is 0 Å². The lowest BCUT2D eigenvalue weighted by molar-refractivity contribution is -0.166. The summed E-state index contributed by atoms with van der Waals surface area (Å²) in [6.45, 7) is 11.0. The molecule has 0 amide bonds. The highest BCUT2D eigenvalue weighted by molar-refractivity contribution is 4.91. The van der Waals surface area contributed by atoms with Crippen molar-refractivity contribution in [3.8, 4) is 0 Å². The highest BCUT2D eigenvalue weighted by Crippen LogP contribution is 2.30. The third-order valence-electron chi connectivity index (χ3n) is 3.80. The van der Waals surface area contributed by atoms with Crippen LogP contribution in [0.25, 0.3) is 0 Å². The summed E-state index contributed by atoms with van der Waals surface area (Å²) in [5, 5.41) is 3.53. The lowest BCUT2D eigenvalue weighted by Crippen LogP contribution is -2.57. The van der Waals surface area contributed by atoms with E-state index in [-0.39, 0.29) is 11.2 Å². The molecule has 2 unspecified atom stereocenters. The van der Waals surface area contributed by atoms with Crippen LogP contribution in [0.2, 0.25) is 0 Å². The Bertz CT molecular complexity index is 207. The van der Waals surface area contributed by atoms with Crippen LogP contribution in [0.4, 0.5) is 0 Å². The molecule has 0 aliphatic carbocycles. The lowest BCUT2D eigenvalue weighted by atomic mass is 9.91. The number of rotatable bonds is 6. The van der Waals surface area contributed by atoms with Gasteiger partial charge in [0.15, 0.2) is 0 Å². The van der Waals surface area contributed by atoms with E-state index in [2.05, 4.69) is 33.0 Å². The summed E-state index contributed by atoms with van der Waals surface area (Å²) in [5.41, 5.74) is 0.0918. The fourth-order valence-electron chi connectivity index (χ4n) is 2.52. The maximum Gasteiger partial charge on any atom is 0.0786 e. The fraction of sp³-hybridized carbons (Fsp3) is 1.00. The summed E-state index contributed by atoms with van der Waals surface area (Å²) in [5.74, 6) is 0. The van der Waals surface area contributed by atoms with Gasteiger partial charge in [0.05, 0.1) is 11.2 Å². The molecule has 1 heterocycles. The minimum Gasteiger partial charge on any atom is -0.366 e. The topological polar surface area (TPSA) is 21.3 Å². The van der Waals surface area contributed by atoms with Crippen LogP contribution in [0.5, 0.6) is 0 Å². The number of nitrogens with one attached hydrogen (secondary N) is 1. The van der Waals surface area contributed by atoms with Gasteiger partial charge in [0.25, 0.3) is 0 Å². The molecule has 1 aliphatic heterocycles. The Morgan fingerprint density at radius 3 is 2.31 bits per heavy atom. The zero-order valence-corrected chi connectivity index (χ0v) is 11.6. The molecular formula is C14H29NO. The Hall–Kier alpha value is -0.0800. The molecule has 1 saturated heterocycles. The highest BCUT2D eigenvalue weighted by Gasteiger charge is 2.38. The van der Waals surface area contributed by atoms with E-state index < -0.39 is 0 Å². The van der Waals surface area contributed by atoms with Gasteiger partial charge in [0, 0.05) is 13.1 Å². The number of ether oxygens (including phenoxy) is 1. The first-order valence-corrected chi connectivity index (χ1v) is 6.94. The maximum atomic E-state index is 6.33. The van der Waals surface area contributed by atoms with Crippen molar-refractivity contribution in [2.75, 3.05) is 13.1 Å². The van der Waals surface area contributed by atoms with Gasteiger partial charge in [-0.25, -0.2) is 0 Å². The van der Waals surface area contributed by atoms with E-state index in [0.717, 1.165) is 19.5 Å². The second kappa shape index (κ2) is 6.02. The minimum atomic E-state index is 0.0394. The number of hydrogen-bond donors (Lipinski definition) is 1. The van der Waals surface area contributed by atoms with Crippen molar-refractivity contribution in [1.82, 2.24) is 5.32 Å². The number of morpholine rings is 1.